The summed E-state index contributed by atoms with van der Waals surface area (Å²) in [6.07, 6.45) is 9.98. The van der Waals surface area contributed by atoms with Crippen molar-refractivity contribution >= 4 is 5.91 Å². The Morgan fingerprint density at radius 3 is 2.81 bits per heavy atom. The van der Waals surface area contributed by atoms with Crippen LogP contribution in [0, 0.1) is 17.8 Å². The van der Waals surface area contributed by atoms with Crippen LogP contribution in [0.2, 0.25) is 0 Å². The number of amides is 1. The molecule has 1 N–H and O–H groups in total. The Morgan fingerprint density at radius 1 is 1.19 bits per heavy atom. The van der Waals surface area contributed by atoms with Gasteiger partial charge in [-0.3, -0.25) is 4.79 Å². The van der Waals surface area contributed by atoms with Gasteiger partial charge in [-0.25, -0.2) is 0 Å². The summed E-state index contributed by atoms with van der Waals surface area (Å²) in [7, 11) is 0. The zero-order valence-electron chi connectivity index (χ0n) is 13.8. The highest BCUT2D eigenvalue weighted by Gasteiger charge is 2.41. The zero-order chi connectivity index (χ0) is 14.8. The summed E-state index contributed by atoms with van der Waals surface area (Å²) in [6, 6.07) is 0.637. The van der Waals surface area contributed by atoms with E-state index in [2.05, 4.69) is 24.1 Å². The van der Waals surface area contributed by atoms with E-state index in [9.17, 15) is 4.79 Å². The van der Waals surface area contributed by atoms with Crippen LogP contribution >= 0.6 is 0 Å². The molecule has 0 aromatic heterocycles. The van der Waals surface area contributed by atoms with Crippen molar-refractivity contribution in [3.8, 4) is 0 Å². The van der Waals surface area contributed by atoms with Crippen molar-refractivity contribution in [2.24, 2.45) is 17.8 Å². The largest absolute Gasteiger partial charge is 0.338 e. The van der Waals surface area contributed by atoms with E-state index < -0.39 is 0 Å². The van der Waals surface area contributed by atoms with Crippen LogP contribution in [-0.4, -0.2) is 36.0 Å². The lowest BCUT2D eigenvalue weighted by Crippen LogP contribution is -2.58. The monoisotopic (exact) mass is 292 g/mol. The molecule has 0 aromatic carbocycles. The minimum absolute atomic E-state index is 0.0969. The van der Waals surface area contributed by atoms with Crippen LogP contribution in [0.25, 0.3) is 0 Å². The number of likely N-dealkylation sites (tertiary alicyclic amines) is 1. The van der Waals surface area contributed by atoms with E-state index in [4.69, 9.17) is 0 Å². The standard InChI is InChI=1S/C18H32N2O/c1-3-14-8-10-19-16(12-14)18(21)20-11-9-13(2)15-6-4-5-7-17(15)20/h13-17,19H,3-12H2,1-2H3. The Kier molecular flexibility index (Phi) is 4.88. The minimum atomic E-state index is 0.0969. The first kappa shape index (κ1) is 15.3. The number of hydrogen-bond donors (Lipinski definition) is 1. The average Bonchev–Trinajstić information content (AvgIpc) is 2.55. The van der Waals surface area contributed by atoms with Gasteiger partial charge in [0.25, 0.3) is 0 Å². The molecule has 21 heavy (non-hydrogen) atoms. The Labute approximate surface area is 129 Å². The highest BCUT2D eigenvalue weighted by molar-refractivity contribution is 5.82. The normalized spacial score (nSPS) is 40.7. The number of nitrogens with zero attached hydrogens (tertiary/aromatic N) is 1. The molecule has 3 fully saturated rings. The summed E-state index contributed by atoms with van der Waals surface area (Å²) >= 11 is 0. The van der Waals surface area contributed by atoms with E-state index in [-0.39, 0.29) is 6.04 Å². The smallest absolute Gasteiger partial charge is 0.239 e. The Balaban J connectivity index is 1.68. The van der Waals surface area contributed by atoms with E-state index in [1.54, 1.807) is 0 Å². The van der Waals surface area contributed by atoms with Gasteiger partial charge in [0, 0.05) is 12.6 Å². The molecule has 2 saturated heterocycles. The fourth-order valence-corrected chi connectivity index (χ4v) is 4.94. The Hall–Kier alpha value is -0.570. The molecule has 1 amide bonds. The molecule has 5 atom stereocenters. The molecule has 3 nitrogen and oxygen atoms in total. The second kappa shape index (κ2) is 6.68. The summed E-state index contributed by atoms with van der Waals surface area (Å²) in [4.78, 5) is 15.3. The predicted molar refractivity (Wildman–Crippen MR) is 86.0 cm³/mol. The third-order valence-electron chi connectivity index (χ3n) is 6.41. The van der Waals surface area contributed by atoms with Gasteiger partial charge >= 0.3 is 0 Å². The second-order valence-corrected chi connectivity index (χ2v) is 7.62. The zero-order valence-corrected chi connectivity index (χ0v) is 13.8. The molecule has 2 heterocycles. The van der Waals surface area contributed by atoms with Crippen LogP contribution < -0.4 is 5.32 Å². The lowest BCUT2D eigenvalue weighted by molar-refractivity contribution is -0.142. The molecule has 3 aliphatic rings. The van der Waals surface area contributed by atoms with Gasteiger partial charge < -0.3 is 10.2 Å². The lowest BCUT2D eigenvalue weighted by Gasteiger charge is -2.48. The van der Waals surface area contributed by atoms with Gasteiger partial charge in [0.1, 0.15) is 0 Å². The molecule has 120 valence electrons. The van der Waals surface area contributed by atoms with Crippen molar-refractivity contribution in [1.82, 2.24) is 10.2 Å². The number of fused-ring (bicyclic) bond motifs is 1. The van der Waals surface area contributed by atoms with Crippen LogP contribution in [-0.2, 0) is 4.79 Å². The van der Waals surface area contributed by atoms with E-state index in [0.29, 0.717) is 11.9 Å². The Bertz CT molecular complexity index is 370. The summed E-state index contributed by atoms with van der Waals surface area (Å²) < 4.78 is 0. The number of piperidine rings is 2. The summed E-state index contributed by atoms with van der Waals surface area (Å²) in [5, 5.41) is 3.50. The number of carbonyl (C=O) groups excluding carboxylic acids is 1. The Morgan fingerprint density at radius 2 is 2.00 bits per heavy atom. The van der Waals surface area contributed by atoms with Gasteiger partial charge in [-0.1, -0.05) is 33.1 Å². The maximum atomic E-state index is 13.0. The molecule has 3 rings (SSSR count). The first-order chi connectivity index (χ1) is 10.2. The van der Waals surface area contributed by atoms with Gasteiger partial charge in [-0.15, -0.1) is 0 Å². The third-order valence-corrected chi connectivity index (χ3v) is 6.41. The highest BCUT2D eigenvalue weighted by atomic mass is 16.2. The molecular formula is C18H32N2O. The summed E-state index contributed by atoms with van der Waals surface area (Å²) in [5.74, 6) is 2.73. The van der Waals surface area contributed by atoms with Gasteiger partial charge in [0.2, 0.25) is 5.91 Å². The van der Waals surface area contributed by atoms with E-state index in [1.807, 2.05) is 0 Å². The molecule has 0 aromatic rings. The van der Waals surface area contributed by atoms with Crippen LogP contribution in [0.1, 0.15) is 65.2 Å². The number of hydrogen-bond acceptors (Lipinski definition) is 2. The summed E-state index contributed by atoms with van der Waals surface area (Å²) in [5.41, 5.74) is 0. The topological polar surface area (TPSA) is 32.3 Å². The molecule has 0 spiro atoms. The van der Waals surface area contributed by atoms with Crippen molar-refractivity contribution in [3.05, 3.63) is 0 Å². The molecule has 0 bridgehead atoms. The molecule has 2 aliphatic heterocycles. The number of carbonyl (C=O) groups is 1. The van der Waals surface area contributed by atoms with Crippen molar-refractivity contribution in [1.29, 1.82) is 0 Å². The molecule has 1 aliphatic carbocycles. The average molecular weight is 292 g/mol. The highest BCUT2D eigenvalue weighted by Crippen LogP contribution is 2.39. The van der Waals surface area contributed by atoms with Crippen molar-refractivity contribution in [2.45, 2.75) is 77.3 Å². The van der Waals surface area contributed by atoms with Crippen molar-refractivity contribution < 1.29 is 4.79 Å². The SMILES string of the molecule is CCC1CCNC(C(=O)N2CCC(C)C3CCCCC32)C1. The third kappa shape index (κ3) is 3.13. The molecule has 3 heteroatoms. The maximum Gasteiger partial charge on any atom is 0.239 e. The molecule has 5 unspecified atom stereocenters. The number of rotatable bonds is 2. The van der Waals surface area contributed by atoms with Gasteiger partial charge in [-0.2, -0.15) is 0 Å². The van der Waals surface area contributed by atoms with Crippen LogP contribution in [0.4, 0.5) is 0 Å². The fraction of sp³-hybridized carbons (Fsp3) is 0.944. The quantitative estimate of drug-likeness (QED) is 0.847. The van der Waals surface area contributed by atoms with E-state index in [1.165, 1.54) is 44.9 Å². The second-order valence-electron chi connectivity index (χ2n) is 7.62. The van der Waals surface area contributed by atoms with Crippen molar-refractivity contribution in [2.75, 3.05) is 13.1 Å². The first-order valence-corrected chi connectivity index (χ1v) is 9.24. The van der Waals surface area contributed by atoms with Crippen LogP contribution in [0.3, 0.4) is 0 Å². The molecule has 0 radical (unpaired) electrons. The van der Waals surface area contributed by atoms with Crippen LogP contribution in [0.5, 0.6) is 0 Å². The minimum Gasteiger partial charge on any atom is -0.338 e. The van der Waals surface area contributed by atoms with Crippen LogP contribution in [0.15, 0.2) is 0 Å². The van der Waals surface area contributed by atoms with Gasteiger partial charge in [0.05, 0.1) is 6.04 Å². The maximum absolute atomic E-state index is 13.0. The van der Waals surface area contributed by atoms with Gasteiger partial charge in [0.15, 0.2) is 0 Å². The summed E-state index contributed by atoms with van der Waals surface area (Å²) in [6.45, 7) is 6.68. The van der Waals surface area contributed by atoms with Crippen molar-refractivity contribution in [3.63, 3.8) is 0 Å². The first-order valence-electron chi connectivity index (χ1n) is 9.24. The number of nitrogens with one attached hydrogen (secondary N) is 1. The van der Waals surface area contributed by atoms with E-state index >= 15 is 0 Å². The predicted octanol–water partition coefficient (Wildman–Crippen LogP) is 3.19. The van der Waals surface area contributed by atoms with E-state index in [0.717, 1.165) is 37.3 Å². The molecule has 1 saturated carbocycles. The fourth-order valence-electron chi connectivity index (χ4n) is 4.94. The van der Waals surface area contributed by atoms with Gasteiger partial charge in [-0.05, 0) is 56.4 Å². The lowest BCUT2D eigenvalue weighted by atomic mass is 9.72. The molecular weight excluding hydrogens is 260 g/mol.